The molecule has 0 aliphatic carbocycles. The molecule has 0 aromatic rings. The number of hydrogen-bond donors (Lipinski definition) is 2. The van der Waals surface area contributed by atoms with Crippen molar-refractivity contribution < 1.29 is 4.79 Å². The lowest BCUT2D eigenvalue weighted by Gasteiger charge is -2.14. The number of aliphatic imine (C=N–C) groups is 3. The van der Waals surface area contributed by atoms with Gasteiger partial charge in [0.05, 0.1) is 0 Å². The molecule has 7 heteroatoms. The molecule has 0 fully saturated rings. The van der Waals surface area contributed by atoms with Crippen molar-refractivity contribution >= 4 is 38.1 Å². The van der Waals surface area contributed by atoms with Crippen LogP contribution in [0.4, 0.5) is 0 Å². The van der Waals surface area contributed by atoms with Crippen LogP contribution in [-0.2, 0) is 4.79 Å². The smallest absolute Gasteiger partial charge is 0.276 e. The van der Waals surface area contributed by atoms with Crippen molar-refractivity contribution in [1.29, 1.82) is 0 Å². The normalized spacial score (nSPS) is 27.0. The predicted molar refractivity (Wildman–Crippen MR) is 47.4 cm³/mol. The molecule has 6 nitrogen and oxygen atoms in total. The van der Waals surface area contributed by atoms with Gasteiger partial charge in [-0.25, -0.2) is 15.0 Å². The zero-order chi connectivity index (χ0) is 8.72. The number of amides is 1. The minimum absolute atomic E-state index is 0.212. The quantitative estimate of drug-likeness (QED) is 0.520. The Balaban J connectivity index is 2.46. The fourth-order valence-corrected chi connectivity index (χ4v) is 1.26. The first kappa shape index (κ1) is 7.56. The van der Waals surface area contributed by atoms with E-state index in [9.17, 15) is 4.79 Å². The molecule has 2 heterocycles. The molecule has 62 valence electrons. The molecule has 1 unspecified atom stereocenters. The third kappa shape index (κ3) is 1.07. The zero-order valence-corrected chi connectivity index (χ0v) is 7.37. The monoisotopic (exact) mass is 229 g/mol. The summed E-state index contributed by atoms with van der Waals surface area (Å²) in [6, 6.07) is 0. The van der Waals surface area contributed by atoms with Gasteiger partial charge in [-0.2, -0.15) is 0 Å². The lowest BCUT2D eigenvalue weighted by atomic mass is 10.3. The average Bonchev–Trinajstić information content (AvgIpc) is 2.29. The molecule has 0 aromatic carbocycles. The number of nitrogens with zero attached hydrogens (tertiary/aromatic N) is 3. The Labute approximate surface area is 75.8 Å². The molecule has 0 bridgehead atoms. The molecule has 3 N–H and O–H groups in total. The summed E-state index contributed by atoms with van der Waals surface area (Å²) in [6.07, 6.45) is -0.714. The van der Waals surface area contributed by atoms with Crippen LogP contribution in [0.5, 0.6) is 0 Å². The van der Waals surface area contributed by atoms with Crippen molar-refractivity contribution in [2.45, 2.75) is 6.29 Å². The molecule has 0 spiro atoms. The molecule has 0 saturated heterocycles. The van der Waals surface area contributed by atoms with Gasteiger partial charge >= 0.3 is 0 Å². The number of fused-ring (bicyclic) bond motifs is 1. The number of halogens is 1. The molecule has 2 rings (SSSR count). The third-order valence-electron chi connectivity index (χ3n) is 1.37. The Hall–Kier alpha value is -1.08. The van der Waals surface area contributed by atoms with Gasteiger partial charge < -0.3 is 5.32 Å². The van der Waals surface area contributed by atoms with Crippen LogP contribution < -0.4 is 11.1 Å². The first-order valence-corrected chi connectivity index (χ1v) is 3.93. The largest absolute Gasteiger partial charge is 0.316 e. The number of nitrogens with one attached hydrogen (secondary N) is 1. The highest BCUT2D eigenvalue weighted by molar-refractivity contribution is 9.18. The SMILES string of the molecule is NC1N=C2N=C(Br)N=C2C(=O)N1. The molecule has 0 saturated carbocycles. The molecule has 0 radical (unpaired) electrons. The summed E-state index contributed by atoms with van der Waals surface area (Å²) >= 11 is 3.04. The van der Waals surface area contributed by atoms with E-state index in [1.807, 2.05) is 0 Å². The van der Waals surface area contributed by atoms with Crippen LogP contribution in [0.25, 0.3) is 0 Å². The third-order valence-corrected chi connectivity index (χ3v) is 1.72. The van der Waals surface area contributed by atoms with E-state index >= 15 is 0 Å². The Morgan fingerprint density at radius 3 is 3.00 bits per heavy atom. The fourth-order valence-electron chi connectivity index (χ4n) is 0.917. The first-order valence-electron chi connectivity index (χ1n) is 3.14. The van der Waals surface area contributed by atoms with E-state index in [2.05, 4.69) is 36.2 Å². The summed E-state index contributed by atoms with van der Waals surface area (Å²) in [5.41, 5.74) is 5.58. The predicted octanol–water partition coefficient (Wildman–Crippen LogP) is -1.04. The maximum atomic E-state index is 11.1. The Kier molecular flexibility index (Phi) is 1.55. The van der Waals surface area contributed by atoms with Crippen LogP contribution in [0.15, 0.2) is 15.0 Å². The number of amidine groups is 2. The van der Waals surface area contributed by atoms with Gasteiger partial charge in [0.1, 0.15) is 0 Å². The Morgan fingerprint density at radius 2 is 2.25 bits per heavy atom. The minimum atomic E-state index is -0.714. The summed E-state index contributed by atoms with van der Waals surface area (Å²) in [5.74, 6) is -0.0520. The van der Waals surface area contributed by atoms with Gasteiger partial charge in [-0.15, -0.1) is 0 Å². The van der Waals surface area contributed by atoms with Crippen molar-refractivity contribution in [1.82, 2.24) is 5.32 Å². The average molecular weight is 230 g/mol. The summed E-state index contributed by atoms with van der Waals surface area (Å²) < 4.78 is 0.348. The summed E-state index contributed by atoms with van der Waals surface area (Å²) in [4.78, 5) is 22.7. The fraction of sp³-hybridized carbons (Fsp3) is 0.200. The number of nitrogens with two attached hydrogens (primary N) is 1. The van der Waals surface area contributed by atoms with Gasteiger partial charge in [0.15, 0.2) is 22.6 Å². The highest BCUT2D eigenvalue weighted by atomic mass is 79.9. The molecule has 2 aliphatic rings. The van der Waals surface area contributed by atoms with E-state index in [1.165, 1.54) is 0 Å². The molecular formula is C5H4BrN5O. The van der Waals surface area contributed by atoms with Gasteiger partial charge in [0.2, 0.25) is 0 Å². The van der Waals surface area contributed by atoms with Crippen molar-refractivity contribution in [2.75, 3.05) is 0 Å². The minimum Gasteiger partial charge on any atom is -0.316 e. The summed E-state index contributed by atoms with van der Waals surface area (Å²) in [5, 5.41) is 2.40. The number of hydrogen-bond acceptors (Lipinski definition) is 5. The summed E-state index contributed by atoms with van der Waals surface area (Å²) in [7, 11) is 0. The molecule has 2 aliphatic heterocycles. The van der Waals surface area contributed by atoms with Crippen LogP contribution in [-0.4, -0.2) is 28.5 Å². The van der Waals surface area contributed by atoms with Crippen LogP contribution in [0.3, 0.4) is 0 Å². The zero-order valence-electron chi connectivity index (χ0n) is 5.78. The van der Waals surface area contributed by atoms with Gasteiger partial charge in [-0.05, 0) is 15.9 Å². The summed E-state index contributed by atoms with van der Waals surface area (Å²) in [6.45, 7) is 0. The standard InChI is InChI=1S/C5H4BrN5O/c6-4-8-1-2(9-4)10-5(7)11-3(1)12/h5H,7H2,(H,11,12). The van der Waals surface area contributed by atoms with Crippen molar-refractivity contribution in [2.24, 2.45) is 20.7 Å². The number of carbonyl (C=O) groups is 1. The van der Waals surface area contributed by atoms with E-state index < -0.39 is 6.29 Å². The number of rotatable bonds is 0. The Bertz CT molecular complexity index is 344. The maximum absolute atomic E-state index is 11.1. The van der Waals surface area contributed by atoms with Gasteiger partial charge in [0.25, 0.3) is 5.91 Å². The molecule has 1 amide bonds. The lowest BCUT2D eigenvalue weighted by Crippen LogP contribution is -2.49. The highest BCUT2D eigenvalue weighted by Crippen LogP contribution is 2.08. The second-order valence-corrected chi connectivity index (χ2v) is 2.92. The van der Waals surface area contributed by atoms with E-state index in [4.69, 9.17) is 5.73 Å². The van der Waals surface area contributed by atoms with Crippen LogP contribution >= 0.6 is 15.9 Å². The second-order valence-electron chi connectivity index (χ2n) is 2.21. The molecule has 0 aromatic heterocycles. The van der Waals surface area contributed by atoms with Crippen molar-refractivity contribution in [3.05, 3.63) is 0 Å². The van der Waals surface area contributed by atoms with Crippen LogP contribution in [0, 0.1) is 0 Å². The van der Waals surface area contributed by atoms with Crippen molar-refractivity contribution in [3.8, 4) is 0 Å². The molecular weight excluding hydrogens is 226 g/mol. The van der Waals surface area contributed by atoms with Crippen LogP contribution in [0.1, 0.15) is 0 Å². The second kappa shape index (κ2) is 2.46. The highest BCUT2D eigenvalue weighted by Gasteiger charge is 2.29. The number of carbonyl (C=O) groups excluding carboxylic acids is 1. The van der Waals surface area contributed by atoms with Gasteiger partial charge in [-0.3, -0.25) is 10.5 Å². The van der Waals surface area contributed by atoms with E-state index in [1.54, 1.807) is 0 Å². The Morgan fingerprint density at radius 1 is 1.50 bits per heavy atom. The van der Waals surface area contributed by atoms with E-state index in [-0.39, 0.29) is 17.5 Å². The van der Waals surface area contributed by atoms with Crippen molar-refractivity contribution in [3.63, 3.8) is 0 Å². The van der Waals surface area contributed by atoms with Crippen LogP contribution in [0.2, 0.25) is 0 Å². The molecule has 1 atom stereocenters. The van der Waals surface area contributed by atoms with Gasteiger partial charge in [-0.1, -0.05) is 0 Å². The maximum Gasteiger partial charge on any atom is 0.276 e. The molecule has 12 heavy (non-hydrogen) atoms. The topological polar surface area (TPSA) is 92.2 Å². The first-order chi connectivity index (χ1) is 5.66. The van der Waals surface area contributed by atoms with Gasteiger partial charge in [0, 0.05) is 0 Å². The lowest BCUT2D eigenvalue weighted by molar-refractivity contribution is -0.115. The van der Waals surface area contributed by atoms with E-state index in [0.29, 0.717) is 4.74 Å². The van der Waals surface area contributed by atoms with E-state index in [0.717, 1.165) is 0 Å².